The number of aryl methyl sites for hydroxylation is 1. The van der Waals surface area contributed by atoms with E-state index in [1.165, 1.54) is 0 Å². The van der Waals surface area contributed by atoms with Gasteiger partial charge in [-0.3, -0.25) is 9.89 Å². The fourth-order valence-corrected chi connectivity index (χ4v) is 3.99. The maximum Gasteiger partial charge on any atom is 0.323 e. The van der Waals surface area contributed by atoms with Crippen molar-refractivity contribution >= 4 is 40.2 Å². The first-order chi connectivity index (χ1) is 18.0. The number of rotatable bonds is 7. The van der Waals surface area contributed by atoms with E-state index < -0.39 is 0 Å². The molecule has 0 spiro atoms. The van der Waals surface area contributed by atoms with Crippen molar-refractivity contribution < 1.29 is 14.3 Å². The Morgan fingerprint density at radius 2 is 1.65 bits per heavy atom. The summed E-state index contributed by atoms with van der Waals surface area (Å²) >= 11 is 0. The van der Waals surface area contributed by atoms with Crippen molar-refractivity contribution in [1.82, 2.24) is 20.0 Å². The van der Waals surface area contributed by atoms with Gasteiger partial charge in [0, 0.05) is 16.9 Å². The second-order valence-electron chi connectivity index (χ2n) is 8.37. The molecule has 0 saturated carbocycles. The predicted molar refractivity (Wildman–Crippen MR) is 142 cm³/mol. The van der Waals surface area contributed by atoms with Crippen LogP contribution in [-0.4, -0.2) is 39.0 Å². The molecular weight excluding hydrogens is 470 g/mol. The second-order valence-corrected chi connectivity index (χ2v) is 8.37. The number of hydrogen-bond acceptors (Lipinski definition) is 5. The largest absolute Gasteiger partial charge is 0.497 e. The van der Waals surface area contributed by atoms with Crippen LogP contribution in [-0.2, 0) is 6.54 Å². The molecule has 0 saturated heterocycles. The quantitative estimate of drug-likeness (QED) is 0.252. The lowest BCUT2D eigenvalue weighted by Gasteiger charge is -2.08. The average molecular weight is 496 g/mol. The van der Waals surface area contributed by atoms with Crippen LogP contribution in [0.3, 0.4) is 0 Å². The molecule has 0 aliphatic carbocycles. The number of benzene rings is 3. The smallest absolute Gasteiger partial charge is 0.323 e. The molecule has 5 rings (SSSR count). The van der Waals surface area contributed by atoms with Gasteiger partial charge in [0.2, 0.25) is 0 Å². The Morgan fingerprint density at radius 3 is 2.38 bits per heavy atom. The highest BCUT2D eigenvalue weighted by Gasteiger charge is 2.18. The second kappa shape index (κ2) is 10.2. The minimum atomic E-state index is -0.371. The number of nitrogens with one attached hydrogen (secondary N) is 4. The van der Waals surface area contributed by atoms with Gasteiger partial charge in [-0.2, -0.15) is 10.2 Å². The first-order valence-electron chi connectivity index (χ1n) is 11.6. The summed E-state index contributed by atoms with van der Waals surface area (Å²) in [4.78, 5) is 25.1. The lowest BCUT2D eigenvalue weighted by Crippen LogP contribution is -2.19. The molecule has 0 radical (unpaired) electrons. The van der Waals surface area contributed by atoms with Crippen molar-refractivity contribution in [2.24, 2.45) is 0 Å². The third-order valence-corrected chi connectivity index (χ3v) is 5.77. The summed E-state index contributed by atoms with van der Waals surface area (Å²) in [6.45, 7) is 2.38. The highest BCUT2D eigenvalue weighted by molar-refractivity contribution is 6.08. The van der Waals surface area contributed by atoms with E-state index in [-0.39, 0.29) is 11.9 Å². The number of fused-ring (bicyclic) bond motifs is 1. The van der Waals surface area contributed by atoms with Crippen LogP contribution in [0.25, 0.3) is 11.0 Å². The van der Waals surface area contributed by atoms with Crippen LogP contribution in [0.1, 0.15) is 21.6 Å². The van der Waals surface area contributed by atoms with Gasteiger partial charge in [-0.05, 0) is 61.0 Å². The van der Waals surface area contributed by atoms with Crippen molar-refractivity contribution in [2.75, 3.05) is 23.1 Å². The molecular formula is C27H25N7O3. The molecule has 10 heteroatoms. The molecule has 3 amide bonds. The number of methoxy groups -OCH3 is 1. The van der Waals surface area contributed by atoms with E-state index in [1.54, 1.807) is 48.2 Å². The Balaban J connectivity index is 1.26. The summed E-state index contributed by atoms with van der Waals surface area (Å²) < 4.78 is 7.09. The standard InChI is InChI=1S/C27H25N7O3/c1-17-23-24(31-32-25(23)34(33-17)16-18-7-6-10-22(15-18)37-2)30-26(35)19-11-13-21(14-12-19)29-27(36)28-20-8-4-3-5-9-20/h3-15H,16H2,1-2H3,(H2,28,29,36)(H2,30,31,32,35). The molecule has 0 fully saturated rings. The van der Waals surface area contributed by atoms with E-state index in [0.717, 1.165) is 22.4 Å². The Bertz CT molecular complexity index is 1560. The molecule has 4 N–H and O–H groups in total. The summed E-state index contributed by atoms with van der Waals surface area (Å²) in [5.41, 5.74) is 4.07. The van der Waals surface area contributed by atoms with E-state index in [0.29, 0.717) is 34.9 Å². The van der Waals surface area contributed by atoms with Gasteiger partial charge in [-0.15, -0.1) is 0 Å². The van der Waals surface area contributed by atoms with Gasteiger partial charge >= 0.3 is 6.03 Å². The number of urea groups is 1. The first kappa shape index (κ1) is 23.6. The van der Waals surface area contributed by atoms with Gasteiger partial charge in [0.15, 0.2) is 5.65 Å². The van der Waals surface area contributed by atoms with Crippen LogP contribution in [0.2, 0.25) is 0 Å². The molecule has 0 aliphatic heterocycles. The molecule has 3 aromatic carbocycles. The summed E-state index contributed by atoms with van der Waals surface area (Å²) in [5.74, 6) is 0.926. The van der Waals surface area contributed by atoms with Crippen LogP contribution in [0.5, 0.6) is 5.75 Å². The van der Waals surface area contributed by atoms with Crippen molar-refractivity contribution in [3.63, 3.8) is 0 Å². The Kier molecular flexibility index (Phi) is 6.54. The molecule has 0 unspecified atom stereocenters. The monoisotopic (exact) mass is 495 g/mol. The summed E-state index contributed by atoms with van der Waals surface area (Å²) in [6.07, 6.45) is 0. The molecule has 10 nitrogen and oxygen atoms in total. The molecule has 186 valence electrons. The van der Waals surface area contributed by atoms with Crippen LogP contribution in [0.4, 0.5) is 22.0 Å². The lowest BCUT2D eigenvalue weighted by atomic mass is 10.2. The van der Waals surface area contributed by atoms with Crippen LogP contribution < -0.4 is 20.7 Å². The molecule has 5 aromatic rings. The summed E-state index contributed by atoms with van der Waals surface area (Å²) in [6, 6.07) is 23.1. The number of hydrogen-bond donors (Lipinski definition) is 4. The number of carbonyl (C=O) groups excluding carboxylic acids is 2. The highest BCUT2D eigenvalue weighted by Crippen LogP contribution is 2.26. The Morgan fingerprint density at radius 1 is 0.919 bits per heavy atom. The lowest BCUT2D eigenvalue weighted by molar-refractivity contribution is 0.102. The Labute approximate surface area is 212 Å². The van der Waals surface area contributed by atoms with E-state index in [4.69, 9.17) is 4.74 Å². The SMILES string of the molecule is COc1cccc(Cn2nc(C)c3c(NC(=O)c4ccc(NC(=O)Nc5ccccc5)cc4)[nH]nc32)c1. The van der Waals surface area contributed by atoms with Crippen LogP contribution >= 0.6 is 0 Å². The zero-order chi connectivity index (χ0) is 25.8. The number of amides is 3. The Hall–Kier alpha value is -5.12. The zero-order valence-electron chi connectivity index (χ0n) is 20.3. The fraction of sp³-hybridized carbons (Fsp3) is 0.111. The zero-order valence-corrected chi connectivity index (χ0v) is 20.3. The van der Waals surface area contributed by atoms with E-state index >= 15 is 0 Å². The normalized spacial score (nSPS) is 10.8. The van der Waals surface area contributed by atoms with Crippen molar-refractivity contribution in [3.05, 3.63) is 95.7 Å². The molecule has 2 aromatic heterocycles. The minimum absolute atomic E-state index is 0.314. The third-order valence-electron chi connectivity index (χ3n) is 5.77. The molecule has 37 heavy (non-hydrogen) atoms. The van der Waals surface area contributed by atoms with Gasteiger partial charge in [-0.1, -0.05) is 30.3 Å². The van der Waals surface area contributed by atoms with Crippen LogP contribution in [0, 0.1) is 6.92 Å². The third kappa shape index (κ3) is 5.27. The highest BCUT2D eigenvalue weighted by atomic mass is 16.5. The number of aromatic amines is 1. The van der Waals surface area contributed by atoms with Gasteiger partial charge < -0.3 is 20.7 Å². The number of carbonyl (C=O) groups is 2. The van der Waals surface area contributed by atoms with Gasteiger partial charge in [0.25, 0.3) is 5.91 Å². The van der Waals surface area contributed by atoms with Gasteiger partial charge in [0.05, 0.1) is 24.7 Å². The fourth-order valence-electron chi connectivity index (χ4n) is 3.99. The number of anilines is 3. The first-order valence-corrected chi connectivity index (χ1v) is 11.6. The average Bonchev–Trinajstić information content (AvgIpc) is 3.46. The van der Waals surface area contributed by atoms with Crippen molar-refractivity contribution in [3.8, 4) is 5.75 Å². The summed E-state index contributed by atoms with van der Waals surface area (Å²) in [5, 5.41) is 21.0. The van der Waals surface area contributed by atoms with Crippen molar-refractivity contribution in [1.29, 1.82) is 0 Å². The van der Waals surface area contributed by atoms with Crippen LogP contribution in [0.15, 0.2) is 78.9 Å². The molecule has 0 atom stereocenters. The maximum absolute atomic E-state index is 12.9. The van der Waals surface area contributed by atoms with Crippen molar-refractivity contribution in [2.45, 2.75) is 13.5 Å². The number of ether oxygens (including phenoxy) is 1. The molecule has 0 aliphatic rings. The van der Waals surface area contributed by atoms with E-state index in [9.17, 15) is 9.59 Å². The summed E-state index contributed by atoms with van der Waals surface area (Å²) in [7, 11) is 1.63. The number of para-hydroxylation sites is 1. The van der Waals surface area contributed by atoms with E-state index in [2.05, 4.69) is 31.2 Å². The minimum Gasteiger partial charge on any atom is -0.497 e. The number of aromatic nitrogens is 4. The number of H-pyrrole nitrogens is 1. The predicted octanol–water partition coefficient (Wildman–Crippen LogP) is 5.02. The topological polar surface area (TPSA) is 126 Å². The van der Waals surface area contributed by atoms with Gasteiger partial charge in [-0.25, -0.2) is 9.48 Å². The van der Waals surface area contributed by atoms with Gasteiger partial charge in [0.1, 0.15) is 11.6 Å². The molecule has 0 bridgehead atoms. The number of nitrogens with zero attached hydrogens (tertiary/aromatic N) is 3. The molecule has 2 heterocycles. The van der Waals surface area contributed by atoms with E-state index in [1.807, 2.05) is 49.4 Å². The maximum atomic E-state index is 12.9.